The van der Waals surface area contributed by atoms with Gasteiger partial charge in [0.1, 0.15) is 4.99 Å². The number of ether oxygens (including phenoxy) is 1. The van der Waals surface area contributed by atoms with E-state index in [-0.39, 0.29) is 16.1 Å². The van der Waals surface area contributed by atoms with Gasteiger partial charge in [-0.05, 0) is 32.4 Å². The van der Waals surface area contributed by atoms with E-state index in [2.05, 4.69) is 0 Å². The highest BCUT2D eigenvalue weighted by Gasteiger charge is 2.16. The van der Waals surface area contributed by atoms with Crippen LogP contribution in [0.5, 0.6) is 0 Å². The van der Waals surface area contributed by atoms with Crippen LogP contribution in [0.15, 0.2) is 23.1 Å². The second kappa shape index (κ2) is 5.42. The maximum absolute atomic E-state index is 12.0. The summed E-state index contributed by atoms with van der Waals surface area (Å²) in [5.74, 6) is 0. The lowest BCUT2D eigenvalue weighted by molar-refractivity contribution is 0.0118. The van der Waals surface area contributed by atoms with Gasteiger partial charge in [0, 0.05) is 19.9 Å². The van der Waals surface area contributed by atoms with Crippen LogP contribution in [0.1, 0.15) is 25.8 Å². The van der Waals surface area contributed by atoms with Gasteiger partial charge in [-0.1, -0.05) is 12.2 Å². The predicted molar refractivity (Wildman–Crippen MR) is 72.3 cm³/mol. The van der Waals surface area contributed by atoms with Gasteiger partial charge >= 0.3 is 0 Å². The van der Waals surface area contributed by atoms with E-state index in [4.69, 9.17) is 22.7 Å². The fourth-order valence-corrected chi connectivity index (χ4v) is 1.55. The van der Waals surface area contributed by atoms with Gasteiger partial charge in [-0.2, -0.15) is 0 Å². The summed E-state index contributed by atoms with van der Waals surface area (Å²) >= 11 is 4.83. The SMILES string of the molecule is COC(C)(C)CCn1cccc(C(N)=S)c1=O. The van der Waals surface area contributed by atoms with Crippen molar-refractivity contribution < 1.29 is 4.74 Å². The maximum atomic E-state index is 12.0. The van der Waals surface area contributed by atoms with Crippen molar-refractivity contribution in [1.29, 1.82) is 0 Å². The number of aryl methyl sites for hydroxylation is 1. The first-order valence-electron chi connectivity index (χ1n) is 5.42. The number of hydrogen-bond acceptors (Lipinski definition) is 3. The van der Waals surface area contributed by atoms with Crippen LogP contribution in [0.3, 0.4) is 0 Å². The number of hydrogen-bond donors (Lipinski definition) is 1. The molecule has 0 aromatic carbocycles. The monoisotopic (exact) mass is 254 g/mol. The number of thiocarbonyl (C=S) groups is 1. The molecule has 17 heavy (non-hydrogen) atoms. The molecule has 1 heterocycles. The van der Waals surface area contributed by atoms with Crippen LogP contribution in [0.25, 0.3) is 0 Å². The number of aromatic nitrogens is 1. The van der Waals surface area contributed by atoms with Crippen molar-refractivity contribution in [2.24, 2.45) is 5.73 Å². The van der Waals surface area contributed by atoms with E-state index in [1.165, 1.54) is 0 Å². The molecule has 0 saturated carbocycles. The number of nitrogens with two attached hydrogens (primary N) is 1. The second-order valence-electron chi connectivity index (χ2n) is 4.50. The van der Waals surface area contributed by atoms with Crippen molar-refractivity contribution in [3.63, 3.8) is 0 Å². The summed E-state index contributed by atoms with van der Waals surface area (Å²) < 4.78 is 6.92. The standard InChI is InChI=1S/C12H18N2O2S/c1-12(2,16-3)6-8-14-7-4-5-9(10(13)17)11(14)15/h4-5,7H,6,8H2,1-3H3,(H2,13,17). The van der Waals surface area contributed by atoms with Crippen LogP contribution in [-0.2, 0) is 11.3 Å². The zero-order valence-electron chi connectivity index (χ0n) is 10.4. The lowest BCUT2D eigenvalue weighted by atomic mass is 10.1. The van der Waals surface area contributed by atoms with E-state index in [0.717, 1.165) is 6.42 Å². The van der Waals surface area contributed by atoms with E-state index in [1.54, 1.807) is 30.0 Å². The third-order valence-corrected chi connectivity index (χ3v) is 3.01. The highest BCUT2D eigenvalue weighted by molar-refractivity contribution is 7.80. The average molecular weight is 254 g/mol. The van der Waals surface area contributed by atoms with Gasteiger partial charge in [0.05, 0.1) is 11.2 Å². The summed E-state index contributed by atoms with van der Waals surface area (Å²) in [5.41, 5.74) is 5.47. The van der Waals surface area contributed by atoms with E-state index in [1.807, 2.05) is 13.8 Å². The quantitative estimate of drug-likeness (QED) is 0.805. The van der Waals surface area contributed by atoms with Crippen molar-refractivity contribution in [2.45, 2.75) is 32.4 Å². The van der Waals surface area contributed by atoms with Crippen LogP contribution >= 0.6 is 12.2 Å². The highest BCUT2D eigenvalue weighted by atomic mass is 32.1. The molecule has 0 unspecified atom stereocenters. The first-order chi connectivity index (χ1) is 7.87. The summed E-state index contributed by atoms with van der Waals surface area (Å²) in [6.45, 7) is 4.54. The minimum Gasteiger partial charge on any atom is -0.389 e. The van der Waals surface area contributed by atoms with Crippen LogP contribution in [0.2, 0.25) is 0 Å². The summed E-state index contributed by atoms with van der Waals surface area (Å²) in [5, 5.41) is 0. The highest BCUT2D eigenvalue weighted by Crippen LogP contribution is 2.13. The van der Waals surface area contributed by atoms with Gasteiger partial charge < -0.3 is 15.0 Å². The Morgan fingerprint density at radius 2 is 2.24 bits per heavy atom. The molecule has 0 atom stereocenters. The van der Waals surface area contributed by atoms with Gasteiger partial charge in [-0.15, -0.1) is 0 Å². The van der Waals surface area contributed by atoms with Crippen molar-refractivity contribution in [1.82, 2.24) is 4.57 Å². The van der Waals surface area contributed by atoms with E-state index < -0.39 is 0 Å². The molecule has 1 aromatic heterocycles. The Kier molecular flexibility index (Phi) is 4.42. The van der Waals surface area contributed by atoms with Crippen LogP contribution in [0.4, 0.5) is 0 Å². The van der Waals surface area contributed by atoms with Crippen LogP contribution in [0, 0.1) is 0 Å². The minimum atomic E-state index is -0.251. The first-order valence-corrected chi connectivity index (χ1v) is 5.82. The minimum absolute atomic E-state index is 0.135. The van der Waals surface area contributed by atoms with E-state index in [9.17, 15) is 4.79 Å². The van der Waals surface area contributed by atoms with E-state index >= 15 is 0 Å². The molecule has 0 saturated heterocycles. The average Bonchev–Trinajstić information content (AvgIpc) is 2.27. The van der Waals surface area contributed by atoms with Gasteiger partial charge in [0.2, 0.25) is 0 Å². The molecule has 94 valence electrons. The van der Waals surface area contributed by atoms with Gasteiger partial charge in [0.15, 0.2) is 0 Å². The topological polar surface area (TPSA) is 57.2 Å². The largest absolute Gasteiger partial charge is 0.389 e. The first kappa shape index (κ1) is 13.9. The lowest BCUT2D eigenvalue weighted by Gasteiger charge is -2.23. The summed E-state index contributed by atoms with van der Waals surface area (Å²) in [6, 6.07) is 3.42. The van der Waals surface area contributed by atoms with Crippen molar-refractivity contribution >= 4 is 17.2 Å². The second-order valence-corrected chi connectivity index (χ2v) is 4.94. The molecule has 5 heteroatoms. The zero-order valence-corrected chi connectivity index (χ0v) is 11.2. The third kappa shape index (κ3) is 3.64. The summed E-state index contributed by atoms with van der Waals surface area (Å²) in [7, 11) is 1.66. The molecule has 0 spiro atoms. The Morgan fingerprint density at radius 1 is 1.59 bits per heavy atom. The van der Waals surface area contributed by atoms with Crippen LogP contribution in [-0.4, -0.2) is 22.3 Å². The molecule has 1 aromatic rings. The maximum Gasteiger partial charge on any atom is 0.260 e. The fourth-order valence-electron chi connectivity index (χ4n) is 1.39. The Bertz CT molecular complexity index is 466. The molecule has 0 amide bonds. The van der Waals surface area contributed by atoms with Gasteiger partial charge in [0.25, 0.3) is 5.56 Å². The van der Waals surface area contributed by atoms with Crippen molar-refractivity contribution in [3.8, 4) is 0 Å². The molecular formula is C12H18N2O2S. The Balaban J connectivity index is 2.90. The molecule has 0 fully saturated rings. The predicted octanol–water partition coefficient (Wildman–Crippen LogP) is 1.30. The Labute approximate surface area is 106 Å². The normalized spacial score (nSPS) is 11.5. The van der Waals surface area contributed by atoms with Gasteiger partial charge in [-0.3, -0.25) is 4.79 Å². The lowest BCUT2D eigenvalue weighted by Crippen LogP contribution is -2.31. The molecule has 0 aliphatic heterocycles. The smallest absolute Gasteiger partial charge is 0.260 e. The number of pyridine rings is 1. The zero-order chi connectivity index (χ0) is 13.1. The summed E-state index contributed by atoms with van der Waals surface area (Å²) in [4.78, 5) is 12.1. The molecule has 0 aliphatic carbocycles. The number of methoxy groups -OCH3 is 1. The third-order valence-electron chi connectivity index (χ3n) is 2.79. The molecule has 4 nitrogen and oxygen atoms in total. The molecule has 2 N–H and O–H groups in total. The van der Waals surface area contributed by atoms with Crippen molar-refractivity contribution in [3.05, 3.63) is 34.2 Å². The van der Waals surface area contributed by atoms with Crippen LogP contribution < -0.4 is 11.3 Å². The number of rotatable bonds is 5. The summed E-state index contributed by atoms with van der Waals surface area (Å²) in [6.07, 6.45) is 2.47. The molecular weight excluding hydrogens is 236 g/mol. The molecule has 0 bridgehead atoms. The number of nitrogens with zero attached hydrogens (tertiary/aromatic N) is 1. The Morgan fingerprint density at radius 3 is 2.76 bits per heavy atom. The molecule has 1 rings (SSSR count). The fraction of sp³-hybridized carbons (Fsp3) is 0.500. The molecule has 0 aliphatic rings. The molecule has 0 radical (unpaired) electrons. The van der Waals surface area contributed by atoms with E-state index in [0.29, 0.717) is 12.1 Å². The van der Waals surface area contributed by atoms with Gasteiger partial charge in [-0.25, -0.2) is 0 Å². The Hall–Kier alpha value is -1.20. The van der Waals surface area contributed by atoms with Crippen molar-refractivity contribution in [2.75, 3.05) is 7.11 Å².